The molecule has 0 aromatic rings. The highest BCUT2D eigenvalue weighted by Gasteiger charge is 2.37. The van der Waals surface area contributed by atoms with Gasteiger partial charge < -0.3 is 4.90 Å². The van der Waals surface area contributed by atoms with E-state index in [-0.39, 0.29) is 0 Å². The van der Waals surface area contributed by atoms with Crippen LogP contribution in [0.4, 0.5) is 0 Å². The highest BCUT2D eigenvalue weighted by Crippen LogP contribution is 2.38. The molecule has 3 aliphatic rings. The number of nitrogens with zero attached hydrogens (tertiary/aromatic N) is 1. The van der Waals surface area contributed by atoms with Gasteiger partial charge in [0.15, 0.2) is 0 Å². The number of hydrogen-bond donors (Lipinski definition) is 0. The highest BCUT2D eigenvalue weighted by molar-refractivity contribution is 5.77. The Labute approximate surface area is 98.4 Å². The Bertz CT molecular complexity index is 266. The van der Waals surface area contributed by atoms with Gasteiger partial charge in [0, 0.05) is 19.0 Å². The first-order valence-electron chi connectivity index (χ1n) is 7.14. The Morgan fingerprint density at radius 2 is 1.75 bits per heavy atom. The number of hydrogen-bond acceptors (Lipinski definition) is 1. The lowest BCUT2D eigenvalue weighted by molar-refractivity contribution is -0.133. The molecule has 2 aliphatic carbocycles. The van der Waals surface area contributed by atoms with Crippen molar-refractivity contribution in [2.75, 3.05) is 6.54 Å². The molecule has 1 unspecified atom stereocenters. The van der Waals surface area contributed by atoms with Crippen LogP contribution in [0.3, 0.4) is 0 Å². The largest absolute Gasteiger partial charge is 0.339 e. The quantitative estimate of drug-likeness (QED) is 0.717. The predicted molar refractivity (Wildman–Crippen MR) is 64.0 cm³/mol. The summed E-state index contributed by atoms with van der Waals surface area (Å²) in [7, 11) is 0. The summed E-state index contributed by atoms with van der Waals surface area (Å²) < 4.78 is 0. The van der Waals surface area contributed by atoms with Gasteiger partial charge in [0.05, 0.1) is 0 Å². The minimum Gasteiger partial charge on any atom is -0.339 e. The zero-order valence-electron chi connectivity index (χ0n) is 10.2. The van der Waals surface area contributed by atoms with E-state index in [0.717, 1.165) is 24.8 Å². The summed E-state index contributed by atoms with van der Waals surface area (Å²) in [5.74, 6) is 2.06. The van der Waals surface area contributed by atoms with Crippen molar-refractivity contribution in [2.45, 2.75) is 63.8 Å². The molecule has 2 heteroatoms. The van der Waals surface area contributed by atoms with Crippen LogP contribution in [0.15, 0.2) is 0 Å². The first-order chi connectivity index (χ1) is 7.84. The third-order valence-electron chi connectivity index (χ3n) is 4.72. The maximum absolute atomic E-state index is 12.2. The Morgan fingerprint density at radius 1 is 1.00 bits per heavy atom. The van der Waals surface area contributed by atoms with E-state index in [0.29, 0.717) is 11.9 Å². The molecular formula is C14H23NO. The first kappa shape index (κ1) is 10.6. The SMILES string of the molecule is O=C(CC1CC1)N1CCCC1C1CCCC1. The number of carbonyl (C=O) groups is 1. The second-order valence-corrected chi connectivity index (χ2v) is 5.99. The van der Waals surface area contributed by atoms with Crippen LogP contribution in [0.5, 0.6) is 0 Å². The van der Waals surface area contributed by atoms with E-state index in [9.17, 15) is 4.79 Å². The summed E-state index contributed by atoms with van der Waals surface area (Å²) in [6.07, 6.45) is 11.5. The molecule has 3 fully saturated rings. The Kier molecular flexibility index (Phi) is 2.91. The Balaban J connectivity index is 1.60. The van der Waals surface area contributed by atoms with Crippen LogP contribution < -0.4 is 0 Å². The van der Waals surface area contributed by atoms with Gasteiger partial charge in [-0.15, -0.1) is 0 Å². The van der Waals surface area contributed by atoms with Gasteiger partial charge in [0.25, 0.3) is 0 Å². The van der Waals surface area contributed by atoms with E-state index in [2.05, 4.69) is 4.90 Å². The van der Waals surface area contributed by atoms with Gasteiger partial charge in [0.2, 0.25) is 5.91 Å². The van der Waals surface area contributed by atoms with Crippen LogP contribution in [-0.4, -0.2) is 23.4 Å². The molecule has 0 aromatic carbocycles. The molecule has 1 heterocycles. The van der Waals surface area contributed by atoms with Crippen molar-refractivity contribution in [3.8, 4) is 0 Å². The monoisotopic (exact) mass is 221 g/mol. The van der Waals surface area contributed by atoms with Crippen LogP contribution in [0.2, 0.25) is 0 Å². The van der Waals surface area contributed by atoms with Crippen molar-refractivity contribution < 1.29 is 4.79 Å². The molecule has 0 radical (unpaired) electrons. The number of likely N-dealkylation sites (tertiary alicyclic amines) is 1. The smallest absolute Gasteiger partial charge is 0.223 e. The average molecular weight is 221 g/mol. The maximum atomic E-state index is 12.2. The second kappa shape index (κ2) is 4.38. The summed E-state index contributed by atoms with van der Waals surface area (Å²) in [5, 5.41) is 0. The summed E-state index contributed by atoms with van der Waals surface area (Å²) in [4.78, 5) is 14.4. The zero-order valence-corrected chi connectivity index (χ0v) is 10.2. The predicted octanol–water partition coefficient (Wildman–Crippen LogP) is 2.97. The van der Waals surface area contributed by atoms with Crippen LogP contribution in [0.25, 0.3) is 0 Å². The lowest BCUT2D eigenvalue weighted by atomic mass is 9.96. The van der Waals surface area contributed by atoms with Gasteiger partial charge in [-0.05, 0) is 50.4 Å². The van der Waals surface area contributed by atoms with Crippen molar-refractivity contribution in [3.63, 3.8) is 0 Å². The normalized spacial score (nSPS) is 31.2. The van der Waals surface area contributed by atoms with Crippen LogP contribution >= 0.6 is 0 Å². The highest BCUT2D eigenvalue weighted by atomic mass is 16.2. The van der Waals surface area contributed by atoms with Gasteiger partial charge in [-0.2, -0.15) is 0 Å². The van der Waals surface area contributed by atoms with E-state index in [1.165, 1.54) is 51.4 Å². The molecule has 0 N–H and O–H groups in total. The number of amides is 1. The molecule has 1 aliphatic heterocycles. The average Bonchev–Trinajstić information content (AvgIpc) is 2.84. The fourth-order valence-corrected chi connectivity index (χ4v) is 3.62. The van der Waals surface area contributed by atoms with Gasteiger partial charge in [-0.3, -0.25) is 4.79 Å². The van der Waals surface area contributed by atoms with Crippen LogP contribution in [0, 0.1) is 11.8 Å². The minimum atomic E-state index is 0.469. The van der Waals surface area contributed by atoms with Crippen molar-refractivity contribution in [2.24, 2.45) is 11.8 Å². The summed E-state index contributed by atoms with van der Waals surface area (Å²) >= 11 is 0. The molecule has 0 aromatic heterocycles. The zero-order chi connectivity index (χ0) is 11.0. The van der Waals surface area contributed by atoms with E-state index >= 15 is 0 Å². The van der Waals surface area contributed by atoms with E-state index < -0.39 is 0 Å². The van der Waals surface area contributed by atoms with Gasteiger partial charge in [0.1, 0.15) is 0 Å². The topological polar surface area (TPSA) is 20.3 Å². The molecule has 1 atom stereocenters. The van der Waals surface area contributed by atoms with E-state index in [1.807, 2.05) is 0 Å². The number of rotatable bonds is 3. The summed E-state index contributed by atoms with van der Waals surface area (Å²) in [6, 6.07) is 0.619. The molecule has 90 valence electrons. The van der Waals surface area contributed by atoms with Crippen LogP contribution in [-0.2, 0) is 4.79 Å². The van der Waals surface area contributed by atoms with Crippen molar-refractivity contribution in [3.05, 3.63) is 0 Å². The fourth-order valence-electron chi connectivity index (χ4n) is 3.62. The summed E-state index contributed by atoms with van der Waals surface area (Å²) in [6.45, 7) is 1.05. The third kappa shape index (κ3) is 2.11. The van der Waals surface area contributed by atoms with Crippen molar-refractivity contribution >= 4 is 5.91 Å². The Morgan fingerprint density at radius 3 is 2.44 bits per heavy atom. The second-order valence-electron chi connectivity index (χ2n) is 5.99. The molecule has 3 rings (SSSR count). The van der Waals surface area contributed by atoms with Crippen LogP contribution in [0.1, 0.15) is 57.8 Å². The molecule has 1 saturated heterocycles. The molecule has 1 amide bonds. The molecule has 16 heavy (non-hydrogen) atoms. The lowest BCUT2D eigenvalue weighted by Crippen LogP contribution is -2.39. The summed E-state index contributed by atoms with van der Waals surface area (Å²) in [5.41, 5.74) is 0. The fraction of sp³-hybridized carbons (Fsp3) is 0.929. The van der Waals surface area contributed by atoms with Gasteiger partial charge in [-0.1, -0.05) is 12.8 Å². The minimum absolute atomic E-state index is 0.469. The van der Waals surface area contributed by atoms with Crippen molar-refractivity contribution in [1.82, 2.24) is 4.90 Å². The maximum Gasteiger partial charge on any atom is 0.223 e. The van der Waals surface area contributed by atoms with E-state index in [1.54, 1.807) is 0 Å². The standard InChI is InChI=1S/C14H23NO/c16-14(10-11-7-8-11)15-9-3-6-13(15)12-4-1-2-5-12/h11-13H,1-10H2. The first-order valence-corrected chi connectivity index (χ1v) is 7.14. The van der Waals surface area contributed by atoms with Gasteiger partial charge in [-0.25, -0.2) is 0 Å². The number of carbonyl (C=O) groups excluding carboxylic acids is 1. The Hall–Kier alpha value is -0.530. The van der Waals surface area contributed by atoms with Gasteiger partial charge >= 0.3 is 0 Å². The molecule has 0 bridgehead atoms. The molecule has 0 spiro atoms. The third-order valence-corrected chi connectivity index (χ3v) is 4.72. The molecular weight excluding hydrogens is 198 g/mol. The lowest BCUT2D eigenvalue weighted by Gasteiger charge is -2.29. The molecule has 2 saturated carbocycles. The molecule has 2 nitrogen and oxygen atoms in total. The van der Waals surface area contributed by atoms with Crippen molar-refractivity contribution in [1.29, 1.82) is 0 Å². The van der Waals surface area contributed by atoms with E-state index in [4.69, 9.17) is 0 Å².